The average Bonchev–Trinajstić information content (AvgIpc) is 1.52. The predicted octanol–water partition coefficient (Wildman–Crippen LogP) is 27.6. The smallest absolute Gasteiger partial charge is 0.252 e. The lowest BCUT2D eigenvalue weighted by Gasteiger charge is -2.45. The van der Waals surface area contributed by atoms with Crippen molar-refractivity contribution in [2.45, 2.75) is 105 Å². The second kappa shape index (κ2) is 26.1. The van der Waals surface area contributed by atoms with Gasteiger partial charge in [-0.3, -0.25) is 0 Å². The van der Waals surface area contributed by atoms with Crippen LogP contribution < -0.4 is 26.2 Å². The Morgan fingerprint density at radius 1 is 0.243 bits per heavy atom. The molecule has 17 aromatic rings. The molecule has 2 aliphatic heterocycles. The Morgan fingerprint density at radius 2 is 0.694 bits per heavy atom. The summed E-state index contributed by atoms with van der Waals surface area (Å²) in [5.74, 6) is 0. The molecular formula is C106H90BN3O. The molecule has 2 aromatic heterocycles. The Labute approximate surface area is 653 Å². The van der Waals surface area contributed by atoms with E-state index in [9.17, 15) is 0 Å². The summed E-state index contributed by atoms with van der Waals surface area (Å²) in [5.41, 5.74) is 36.2. The number of fused-ring (bicyclic) bond motifs is 10. The Balaban J connectivity index is 0.981. The molecule has 0 spiro atoms. The number of aromatic nitrogens is 1. The molecule has 0 bridgehead atoms. The van der Waals surface area contributed by atoms with Crippen LogP contribution in [0.2, 0.25) is 0 Å². The molecule has 4 heterocycles. The standard InChI is InChI=1S/C106H90BN3O/c1-103(2,3)76-51-46-68(47-52-76)72-48-54-87-95(62-72)110(91-55-49-71(67-30-16-13-17-31-67)60-85(91)69-32-18-14-19-33-69)97-64-75(74-58-78(105(7,8)9)65-79(59-74)106(10,11)12)63-96-102(97)107(87)88-61-73(50-56-93(88)109(96)92-57-53-77(104(4,5)6)66-86(92)70-34-20-15-21-35-70)100-82(83-40-29-45-99-101(83)84-38-24-27-44-98(84)111-99)39-28-43-94(100)108-89-41-25-22-36-80(89)81-37-23-26-42-90(81)108/h13-66H,1-12H3. The monoisotopic (exact) mass is 1430 g/mol. The number of hydrogen-bond donors (Lipinski definition) is 0. The third-order valence-corrected chi connectivity index (χ3v) is 23.6. The number of anilines is 6. The fourth-order valence-electron chi connectivity index (χ4n) is 17.7. The zero-order valence-corrected chi connectivity index (χ0v) is 65.5. The molecule has 0 N–H and O–H groups in total. The molecule has 0 unspecified atom stereocenters. The lowest BCUT2D eigenvalue weighted by atomic mass is 9.33. The zero-order valence-electron chi connectivity index (χ0n) is 65.5. The van der Waals surface area contributed by atoms with E-state index >= 15 is 0 Å². The maximum Gasteiger partial charge on any atom is 0.252 e. The van der Waals surface area contributed by atoms with Gasteiger partial charge in [-0.15, -0.1) is 0 Å². The molecule has 0 radical (unpaired) electrons. The van der Waals surface area contributed by atoms with Crippen molar-refractivity contribution in [2.24, 2.45) is 0 Å². The molecule has 5 heteroatoms. The van der Waals surface area contributed by atoms with Crippen LogP contribution in [0.25, 0.3) is 127 Å². The van der Waals surface area contributed by atoms with Crippen molar-refractivity contribution in [2.75, 3.05) is 9.80 Å². The third-order valence-electron chi connectivity index (χ3n) is 23.6. The van der Waals surface area contributed by atoms with Crippen LogP contribution >= 0.6 is 0 Å². The highest BCUT2D eigenvalue weighted by Gasteiger charge is 2.46. The first-order valence-electron chi connectivity index (χ1n) is 39.4. The van der Waals surface area contributed by atoms with Gasteiger partial charge in [0.25, 0.3) is 6.71 Å². The maximum absolute atomic E-state index is 6.80. The van der Waals surface area contributed by atoms with E-state index in [2.05, 4.69) is 425 Å². The Hall–Kier alpha value is -12.4. The van der Waals surface area contributed by atoms with Crippen LogP contribution in [-0.4, -0.2) is 11.3 Å². The van der Waals surface area contributed by atoms with E-state index in [0.717, 1.165) is 134 Å². The number of nitrogens with zero attached hydrogens (tertiary/aromatic N) is 3. The summed E-state index contributed by atoms with van der Waals surface area (Å²) in [6.07, 6.45) is 0. The minimum absolute atomic E-state index is 0.0204. The van der Waals surface area contributed by atoms with Gasteiger partial charge in [-0.1, -0.05) is 332 Å². The van der Waals surface area contributed by atoms with Crippen molar-refractivity contribution in [1.82, 2.24) is 4.57 Å². The lowest BCUT2D eigenvalue weighted by Crippen LogP contribution is -2.61. The van der Waals surface area contributed by atoms with Gasteiger partial charge in [-0.25, -0.2) is 0 Å². The summed E-state index contributed by atoms with van der Waals surface area (Å²) in [5, 5.41) is 4.60. The molecule has 0 aliphatic carbocycles. The van der Waals surface area contributed by atoms with Gasteiger partial charge in [0.1, 0.15) is 11.2 Å². The minimum atomic E-state index is -0.298. The number of rotatable bonds is 10. The molecule has 2 aliphatic rings. The number of para-hydroxylation sites is 3. The Kier molecular flexibility index (Phi) is 16.3. The number of benzene rings is 15. The summed E-state index contributed by atoms with van der Waals surface area (Å²) in [6.45, 7) is 27.8. The first-order chi connectivity index (χ1) is 53.6. The molecule has 538 valence electrons. The molecule has 0 atom stereocenters. The van der Waals surface area contributed by atoms with E-state index < -0.39 is 0 Å². The van der Waals surface area contributed by atoms with Gasteiger partial charge in [0, 0.05) is 61.0 Å². The van der Waals surface area contributed by atoms with E-state index in [-0.39, 0.29) is 28.4 Å². The predicted molar refractivity (Wildman–Crippen MR) is 475 cm³/mol. The van der Waals surface area contributed by atoms with Gasteiger partial charge in [0.2, 0.25) is 0 Å². The molecule has 4 nitrogen and oxygen atoms in total. The van der Waals surface area contributed by atoms with E-state index in [1.807, 2.05) is 0 Å². The van der Waals surface area contributed by atoms with Gasteiger partial charge in [-0.05, 0) is 200 Å². The van der Waals surface area contributed by atoms with Crippen LogP contribution in [-0.2, 0) is 21.7 Å². The average molecular weight is 1430 g/mol. The van der Waals surface area contributed by atoms with E-state index in [1.54, 1.807) is 0 Å². The fourth-order valence-corrected chi connectivity index (χ4v) is 17.7. The van der Waals surface area contributed by atoms with E-state index in [0.29, 0.717) is 0 Å². The van der Waals surface area contributed by atoms with E-state index in [4.69, 9.17) is 4.42 Å². The van der Waals surface area contributed by atoms with Crippen LogP contribution in [0.5, 0.6) is 0 Å². The van der Waals surface area contributed by atoms with Gasteiger partial charge >= 0.3 is 0 Å². The van der Waals surface area contributed by atoms with Crippen LogP contribution in [0.1, 0.15) is 105 Å². The molecule has 0 fully saturated rings. The SMILES string of the molecule is CC(C)(C)c1ccc(-c2ccc3c(c2)N(c2ccc(-c4ccccc4)cc2-c2ccccc2)c2cc(-c4cc(C(C)(C)C)cc(C(C)(C)C)c4)cc4c2B3c2cc(-c3c(-c5cccc6oc7ccccc7c56)cccc3-n3c5ccccc5c5ccccc53)ccc2N4c2ccc(C(C)(C)C)cc2-c2ccccc2)cc1. The second-order valence-corrected chi connectivity index (χ2v) is 34.9. The lowest BCUT2D eigenvalue weighted by molar-refractivity contribution is 0.569. The largest absolute Gasteiger partial charge is 0.456 e. The molecular weight excluding hydrogens is 1340 g/mol. The topological polar surface area (TPSA) is 24.6 Å². The van der Waals surface area contributed by atoms with Crippen molar-refractivity contribution in [3.8, 4) is 83.6 Å². The summed E-state index contributed by atoms with van der Waals surface area (Å²) in [7, 11) is 0. The molecule has 0 saturated heterocycles. The number of hydrogen-bond acceptors (Lipinski definition) is 3. The first-order valence-corrected chi connectivity index (χ1v) is 39.4. The molecule has 0 saturated carbocycles. The molecule has 15 aromatic carbocycles. The third kappa shape index (κ3) is 11.8. The quantitative estimate of drug-likeness (QED) is 0.128. The van der Waals surface area contributed by atoms with Gasteiger partial charge in [0.05, 0.1) is 28.1 Å². The molecule has 0 amide bonds. The maximum atomic E-state index is 6.80. The second-order valence-electron chi connectivity index (χ2n) is 34.9. The van der Waals surface area contributed by atoms with Crippen LogP contribution in [0.4, 0.5) is 34.1 Å². The highest BCUT2D eigenvalue weighted by molar-refractivity contribution is 7.00. The summed E-state index contributed by atoms with van der Waals surface area (Å²) in [4.78, 5) is 5.35. The van der Waals surface area contributed by atoms with Crippen molar-refractivity contribution in [1.29, 1.82) is 0 Å². The van der Waals surface area contributed by atoms with Crippen molar-refractivity contribution in [3.05, 3.63) is 350 Å². The van der Waals surface area contributed by atoms with Crippen LogP contribution in [0.15, 0.2) is 332 Å². The van der Waals surface area contributed by atoms with E-state index in [1.165, 1.54) is 66.1 Å². The van der Waals surface area contributed by atoms with Crippen molar-refractivity contribution < 1.29 is 4.42 Å². The normalized spacial score (nSPS) is 13.0. The van der Waals surface area contributed by atoms with Gasteiger partial charge in [-0.2, -0.15) is 0 Å². The highest BCUT2D eigenvalue weighted by Crippen LogP contribution is 2.54. The minimum Gasteiger partial charge on any atom is -0.456 e. The summed E-state index contributed by atoms with van der Waals surface area (Å²) >= 11 is 0. The summed E-state index contributed by atoms with van der Waals surface area (Å²) < 4.78 is 9.33. The number of furan rings is 1. The van der Waals surface area contributed by atoms with Crippen LogP contribution in [0, 0.1) is 0 Å². The summed E-state index contributed by atoms with van der Waals surface area (Å²) in [6, 6.07) is 125. The first kappa shape index (κ1) is 69.1. The van der Waals surface area contributed by atoms with Crippen molar-refractivity contribution in [3.63, 3.8) is 0 Å². The fraction of sp³-hybridized carbons (Fsp3) is 0.151. The van der Waals surface area contributed by atoms with Crippen LogP contribution in [0.3, 0.4) is 0 Å². The van der Waals surface area contributed by atoms with Crippen molar-refractivity contribution >= 4 is 101 Å². The van der Waals surface area contributed by atoms with Gasteiger partial charge in [0.15, 0.2) is 0 Å². The molecule has 19 rings (SSSR count). The molecule has 111 heavy (non-hydrogen) atoms. The Bertz CT molecular complexity index is 6460. The highest BCUT2D eigenvalue weighted by atomic mass is 16.3. The zero-order chi connectivity index (χ0) is 76.0. The van der Waals surface area contributed by atoms with Gasteiger partial charge < -0.3 is 18.8 Å². The Morgan fingerprint density at radius 3 is 1.32 bits per heavy atom.